The molecule has 2 aromatic carbocycles. The van der Waals surface area contributed by atoms with Gasteiger partial charge in [0.05, 0.1) is 0 Å². The number of piperidine rings is 1. The Balaban J connectivity index is 1.44. The summed E-state index contributed by atoms with van der Waals surface area (Å²) < 4.78 is 0. The molecule has 0 atom stereocenters. The average Bonchev–Trinajstić information content (AvgIpc) is 2.80. The van der Waals surface area contributed by atoms with E-state index in [1.807, 2.05) is 6.07 Å². The Bertz CT molecular complexity index is 871. The Morgan fingerprint density at radius 1 is 0.828 bits per heavy atom. The predicted molar refractivity (Wildman–Crippen MR) is 120 cm³/mol. The molecule has 1 aromatic heterocycles. The van der Waals surface area contributed by atoms with Gasteiger partial charge in [-0.2, -0.15) is 0 Å². The van der Waals surface area contributed by atoms with Crippen LogP contribution in [0.25, 0.3) is 5.57 Å². The minimum Gasteiger partial charge on any atom is -0.343 e. The molecule has 4 nitrogen and oxygen atoms in total. The van der Waals surface area contributed by atoms with Crippen molar-refractivity contribution < 1.29 is 0 Å². The van der Waals surface area contributed by atoms with E-state index in [9.17, 15) is 0 Å². The van der Waals surface area contributed by atoms with Gasteiger partial charge >= 0.3 is 0 Å². The molecule has 0 radical (unpaired) electrons. The highest BCUT2D eigenvalue weighted by molar-refractivity contribution is 5.82. The molecule has 0 spiro atoms. The molecular weight excluding hydrogens is 356 g/mol. The summed E-state index contributed by atoms with van der Waals surface area (Å²) in [6.07, 6.45) is 5.83. The summed E-state index contributed by atoms with van der Waals surface area (Å²) in [7, 11) is 2.06. The Morgan fingerprint density at radius 3 is 1.93 bits per heavy atom. The van der Waals surface area contributed by atoms with Crippen LogP contribution in [0.5, 0.6) is 0 Å². The molecule has 1 fully saturated rings. The zero-order chi connectivity index (χ0) is 19.9. The van der Waals surface area contributed by atoms with E-state index in [4.69, 9.17) is 0 Å². The van der Waals surface area contributed by atoms with Gasteiger partial charge in [0.25, 0.3) is 0 Å². The third-order valence-corrected chi connectivity index (χ3v) is 5.58. The predicted octanol–water partition coefficient (Wildman–Crippen LogP) is 4.51. The number of likely N-dealkylation sites (N-methyl/N-ethyl adjacent to an activating group) is 1. The molecule has 148 valence electrons. The maximum atomic E-state index is 4.33. The number of hydrogen-bond donors (Lipinski definition) is 0. The minimum absolute atomic E-state index is 0.792. The lowest BCUT2D eigenvalue weighted by molar-refractivity contribution is 0.262. The fraction of sp³-hybridized carbons (Fsp3) is 0.280. The zero-order valence-electron chi connectivity index (χ0n) is 17.0. The average molecular weight is 385 g/mol. The summed E-state index contributed by atoms with van der Waals surface area (Å²) in [5.41, 5.74) is 5.63. The van der Waals surface area contributed by atoms with Gasteiger partial charge in [-0.1, -0.05) is 66.2 Å². The third kappa shape index (κ3) is 4.90. The fourth-order valence-electron chi connectivity index (χ4n) is 3.96. The second-order valence-electron chi connectivity index (χ2n) is 7.52. The van der Waals surface area contributed by atoms with Gasteiger partial charge in [-0.25, -0.2) is 9.97 Å². The molecule has 0 amide bonds. The van der Waals surface area contributed by atoms with Gasteiger partial charge in [-0.05, 0) is 35.6 Å². The van der Waals surface area contributed by atoms with Crippen LogP contribution in [0, 0.1) is 0 Å². The standard InChI is InChI=1S/C25H28N4/c1-28(25-26-15-8-16-27-25)19-20-29-17-13-23(14-18-29)24(21-9-4-2-5-10-21)22-11-6-3-7-12-22/h2-12,15-16H,13-14,17-20H2,1H3. The highest BCUT2D eigenvalue weighted by Gasteiger charge is 2.19. The van der Waals surface area contributed by atoms with Gasteiger partial charge in [-0.3, -0.25) is 0 Å². The summed E-state index contributed by atoms with van der Waals surface area (Å²) in [6, 6.07) is 23.5. The van der Waals surface area contributed by atoms with E-state index < -0.39 is 0 Å². The molecular formula is C25H28N4. The van der Waals surface area contributed by atoms with Crippen molar-refractivity contribution >= 4 is 11.5 Å². The van der Waals surface area contributed by atoms with Gasteiger partial charge in [0, 0.05) is 45.6 Å². The Labute approximate surface area is 173 Å². The zero-order valence-corrected chi connectivity index (χ0v) is 17.0. The van der Waals surface area contributed by atoms with Crippen molar-refractivity contribution in [1.29, 1.82) is 0 Å². The smallest absolute Gasteiger partial charge is 0.225 e. The molecule has 3 aromatic rings. The second kappa shape index (κ2) is 9.48. The fourth-order valence-corrected chi connectivity index (χ4v) is 3.96. The van der Waals surface area contributed by atoms with E-state index in [1.54, 1.807) is 18.0 Å². The lowest BCUT2D eigenvalue weighted by Crippen LogP contribution is -2.37. The van der Waals surface area contributed by atoms with Gasteiger partial charge in [0.15, 0.2) is 0 Å². The first-order valence-electron chi connectivity index (χ1n) is 10.3. The largest absolute Gasteiger partial charge is 0.343 e. The molecule has 0 unspecified atom stereocenters. The first kappa shape index (κ1) is 19.3. The lowest BCUT2D eigenvalue weighted by atomic mass is 9.88. The van der Waals surface area contributed by atoms with Crippen LogP contribution in [0.15, 0.2) is 84.7 Å². The van der Waals surface area contributed by atoms with E-state index in [2.05, 4.69) is 87.5 Å². The summed E-state index contributed by atoms with van der Waals surface area (Å²) in [5, 5.41) is 0. The van der Waals surface area contributed by atoms with Crippen molar-refractivity contribution in [1.82, 2.24) is 14.9 Å². The van der Waals surface area contributed by atoms with Crippen LogP contribution in [0.3, 0.4) is 0 Å². The van der Waals surface area contributed by atoms with E-state index in [-0.39, 0.29) is 0 Å². The first-order valence-corrected chi connectivity index (χ1v) is 10.3. The molecule has 1 aliphatic heterocycles. The third-order valence-electron chi connectivity index (χ3n) is 5.58. The van der Waals surface area contributed by atoms with Crippen LogP contribution in [-0.2, 0) is 0 Å². The number of anilines is 1. The number of aromatic nitrogens is 2. The van der Waals surface area contributed by atoms with E-state index >= 15 is 0 Å². The van der Waals surface area contributed by atoms with Gasteiger partial charge in [-0.15, -0.1) is 0 Å². The van der Waals surface area contributed by atoms with Crippen molar-refractivity contribution in [3.05, 3.63) is 95.8 Å². The molecule has 0 bridgehead atoms. The van der Waals surface area contributed by atoms with E-state index in [1.165, 1.54) is 16.7 Å². The summed E-state index contributed by atoms with van der Waals surface area (Å²) >= 11 is 0. The van der Waals surface area contributed by atoms with Crippen LogP contribution in [-0.4, -0.2) is 48.1 Å². The molecule has 0 saturated carbocycles. The van der Waals surface area contributed by atoms with Crippen molar-refractivity contribution in [2.45, 2.75) is 12.8 Å². The number of nitrogens with zero attached hydrogens (tertiary/aromatic N) is 4. The molecule has 0 aliphatic carbocycles. The van der Waals surface area contributed by atoms with Gasteiger partial charge in [0.1, 0.15) is 0 Å². The number of hydrogen-bond acceptors (Lipinski definition) is 4. The summed E-state index contributed by atoms with van der Waals surface area (Å²) in [6.45, 7) is 4.17. The van der Waals surface area contributed by atoms with Crippen LogP contribution in [0.1, 0.15) is 24.0 Å². The SMILES string of the molecule is CN(CCN1CCC(=C(c2ccccc2)c2ccccc2)CC1)c1ncccn1. The van der Waals surface area contributed by atoms with Crippen molar-refractivity contribution in [3.63, 3.8) is 0 Å². The first-order chi connectivity index (χ1) is 14.3. The monoisotopic (exact) mass is 384 g/mol. The number of benzene rings is 2. The molecule has 2 heterocycles. The highest BCUT2D eigenvalue weighted by atomic mass is 15.3. The molecule has 1 saturated heterocycles. The number of rotatable bonds is 6. The molecule has 0 N–H and O–H groups in total. The second-order valence-corrected chi connectivity index (χ2v) is 7.52. The Kier molecular flexibility index (Phi) is 6.32. The molecule has 1 aliphatic rings. The Morgan fingerprint density at radius 2 is 1.38 bits per heavy atom. The van der Waals surface area contributed by atoms with Gasteiger partial charge < -0.3 is 9.80 Å². The van der Waals surface area contributed by atoms with Crippen molar-refractivity contribution in [2.75, 3.05) is 38.1 Å². The maximum absolute atomic E-state index is 4.33. The van der Waals surface area contributed by atoms with Gasteiger partial charge in [0.2, 0.25) is 5.95 Å². The molecule has 29 heavy (non-hydrogen) atoms. The minimum atomic E-state index is 0.792. The lowest BCUT2D eigenvalue weighted by Gasteiger charge is -2.31. The van der Waals surface area contributed by atoms with Crippen LogP contribution < -0.4 is 4.90 Å². The van der Waals surface area contributed by atoms with E-state index in [0.717, 1.165) is 45.0 Å². The topological polar surface area (TPSA) is 32.3 Å². The number of likely N-dealkylation sites (tertiary alicyclic amines) is 1. The van der Waals surface area contributed by atoms with Crippen molar-refractivity contribution in [3.8, 4) is 0 Å². The Hall–Kier alpha value is -2.98. The van der Waals surface area contributed by atoms with E-state index in [0.29, 0.717) is 0 Å². The van der Waals surface area contributed by atoms with Crippen LogP contribution in [0.4, 0.5) is 5.95 Å². The summed E-state index contributed by atoms with van der Waals surface area (Å²) in [4.78, 5) is 13.3. The summed E-state index contributed by atoms with van der Waals surface area (Å²) in [5.74, 6) is 0.792. The normalized spacial score (nSPS) is 14.6. The highest BCUT2D eigenvalue weighted by Crippen LogP contribution is 2.32. The van der Waals surface area contributed by atoms with Crippen LogP contribution >= 0.6 is 0 Å². The van der Waals surface area contributed by atoms with Crippen molar-refractivity contribution in [2.24, 2.45) is 0 Å². The maximum Gasteiger partial charge on any atom is 0.225 e. The quantitative estimate of drug-likeness (QED) is 0.626. The van der Waals surface area contributed by atoms with Crippen LogP contribution in [0.2, 0.25) is 0 Å². The molecule has 4 heteroatoms. The molecule has 4 rings (SSSR count).